The second-order valence-electron chi connectivity index (χ2n) is 4.86. The molecule has 0 aromatic heterocycles. The third-order valence-electron chi connectivity index (χ3n) is 3.44. The largest absolute Gasteiger partial charge is 0.506 e. The Morgan fingerprint density at radius 1 is 1.45 bits per heavy atom. The van der Waals surface area contributed by atoms with Crippen molar-refractivity contribution in [1.29, 1.82) is 0 Å². The molecule has 0 aliphatic carbocycles. The van der Waals surface area contributed by atoms with Crippen LogP contribution in [0.3, 0.4) is 0 Å². The van der Waals surface area contributed by atoms with Crippen LogP contribution in [0.15, 0.2) is 18.2 Å². The van der Waals surface area contributed by atoms with Gasteiger partial charge in [-0.05, 0) is 38.1 Å². The number of aromatic hydroxyl groups is 1. The summed E-state index contributed by atoms with van der Waals surface area (Å²) in [6.07, 6.45) is -3.90. The first kappa shape index (κ1) is 14.6. The van der Waals surface area contributed by atoms with E-state index in [4.69, 9.17) is 0 Å². The fourth-order valence-electron chi connectivity index (χ4n) is 2.25. The zero-order chi connectivity index (χ0) is 14.9. The van der Waals surface area contributed by atoms with E-state index < -0.39 is 17.6 Å². The van der Waals surface area contributed by atoms with Gasteiger partial charge in [0.05, 0.1) is 17.2 Å². The van der Waals surface area contributed by atoms with E-state index in [0.29, 0.717) is 13.0 Å². The van der Waals surface area contributed by atoms with Crippen molar-refractivity contribution in [2.45, 2.75) is 25.6 Å². The van der Waals surface area contributed by atoms with Crippen molar-refractivity contribution >= 4 is 11.6 Å². The SMILES string of the molecule is CC1NCCC1C(=O)Nc1cc(C(F)(F)F)ccc1O. The predicted molar refractivity (Wildman–Crippen MR) is 67.3 cm³/mol. The highest BCUT2D eigenvalue weighted by Crippen LogP contribution is 2.34. The number of carbonyl (C=O) groups excluding carboxylic acids is 1. The van der Waals surface area contributed by atoms with Crippen LogP contribution in [0.2, 0.25) is 0 Å². The number of anilines is 1. The van der Waals surface area contributed by atoms with Crippen LogP contribution in [0.4, 0.5) is 18.9 Å². The molecule has 4 nitrogen and oxygen atoms in total. The molecule has 20 heavy (non-hydrogen) atoms. The summed E-state index contributed by atoms with van der Waals surface area (Å²) in [4.78, 5) is 12.0. The first-order chi connectivity index (χ1) is 9.29. The molecule has 3 N–H and O–H groups in total. The Morgan fingerprint density at radius 3 is 2.70 bits per heavy atom. The molecule has 2 atom stereocenters. The van der Waals surface area contributed by atoms with Crippen LogP contribution in [0.1, 0.15) is 18.9 Å². The van der Waals surface area contributed by atoms with E-state index in [0.717, 1.165) is 18.2 Å². The van der Waals surface area contributed by atoms with Gasteiger partial charge in [0.25, 0.3) is 0 Å². The standard InChI is InChI=1S/C13H15F3N2O2/c1-7-9(4-5-17-7)12(20)18-10-6-8(13(14,15)16)2-3-11(10)19/h2-3,6-7,9,17,19H,4-5H2,1H3,(H,18,20). The molecule has 2 rings (SSSR count). The minimum atomic E-state index is -4.52. The van der Waals surface area contributed by atoms with Gasteiger partial charge in [0, 0.05) is 6.04 Å². The summed E-state index contributed by atoms with van der Waals surface area (Å²) in [7, 11) is 0. The second-order valence-corrected chi connectivity index (χ2v) is 4.86. The van der Waals surface area contributed by atoms with Gasteiger partial charge < -0.3 is 15.7 Å². The number of amides is 1. The molecule has 1 aliphatic rings. The van der Waals surface area contributed by atoms with Gasteiger partial charge in [-0.25, -0.2) is 0 Å². The van der Waals surface area contributed by atoms with Crippen LogP contribution in [0.25, 0.3) is 0 Å². The molecule has 0 bridgehead atoms. The number of halogens is 3. The Kier molecular flexibility index (Phi) is 3.89. The average molecular weight is 288 g/mol. The number of nitrogens with one attached hydrogen (secondary N) is 2. The number of hydrogen-bond acceptors (Lipinski definition) is 3. The molecular weight excluding hydrogens is 273 g/mol. The highest BCUT2D eigenvalue weighted by molar-refractivity contribution is 5.94. The van der Waals surface area contributed by atoms with Gasteiger partial charge in [-0.1, -0.05) is 0 Å². The van der Waals surface area contributed by atoms with Crippen LogP contribution in [0.5, 0.6) is 5.75 Å². The first-order valence-corrected chi connectivity index (χ1v) is 6.23. The number of alkyl halides is 3. The molecule has 0 saturated carbocycles. The van der Waals surface area contributed by atoms with Crippen molar-refractivity contribution in [3.63, 3.8) is 0 Å². The van der Waals surface area contributed by atoms with Crippen LogP contribution in [-0.2, 0) is 11.0 Å². The lowest BCUT2D eigenvalue weighted by atomic mass is 10.0. The van der Waals surface area contributed by atoms with Gasteiger partial charge in [-0.3, -0.25) is 4.79 Å². The van der Waals surface area contributed by atoms with Gasteiger partial charge in [-0.2, -0.15) is 13.2 Å². The van der Waals surface area contributed by atoms with Crippen molar-refractivity contribution in [2.75, 3.05) is 11.9 Å². The fourth-order valence-corrected chi connectivity index (χ4v) is 2.25. The Morgan fingerprint density at radius 2 is 2.15 bits per heavy atom. The van der Waals surface area contributed by atoms with Crippen molar-refractivity contribution in [2.24, 2.45) is 5.92 Å². The lowest BCUT2D eigenvalue weighted by Crippen LogP contribution is -2.32. The molecule has 1 fully saturated rings. The van der Waals surface area contributed by atoms with E-state index in [2.05, 4.69) is 10.6 Å². The molecule has 7 heteroatoms. The smallest absolute Gasteiger partial charge is 0.416 e. The Bertz CT molecular complexity index is 517. The highest BCUT2D eigenvalue weighted by Gasteiger charge is 2.33. The van der Waals surface area contributed by atoms with Gasteiger partial charge in [-0.15, -0.1) is 0 Å². The van der Waals surface area contributed by atoms with Gasteiger partial charge in [0.1, 0.15) is 5.75 Å². The minimum Gasteiger partial charge on any atom is -0.506 e. The van der Waals surface area contributed by atoms with Gasteiger partial charge in [0.15, 0.2) is 0 Å². The number of phenolic OH excluding ortho intramolecular Hbond substituents is 1. The number of carbonyl (C=O) groups is 1. The maximum absolute atomic E-state index is 12.6. The fraction of sp³-hybridized carbons (Fsp3) is 0.462. The van der Waals surface area contributed by atoms with E-state index >= 15 is 0 Å². The first-order valence-electron chi connectivity index (χ1n) is 6.23. The number of rotatable bonds is 2. The summed E-state index contributed by atoms with van der Waals surface area (Å²) in [5.74, 6) is -1.09. The summed E-state index contributed by atoms with van der Waals surface area (Å²) in [5, 5.41) is 15.0. The zero-order valence-electron chi connectivity index (χ0n) is 10.8. The molecular formula is C13H15F3N2O2. The Labute approximate surface area is 114 Å². The number of phenols is 1. The van der Waals surface area contributed by atoms with Gasteiger partial charge in [0.2, 0.25) is 5.91 Å². The Hall–Kier alpha value is -1.76. The molecule has 0 radical (unpaired) electrons. The maximum Gasteiger partial charge on any atom is 0.416 e. The quantitative estimate of drug-likeness (QED) is 0.732. The van der Waals surface area contributed by atoms with E-state index in [1.807, 2.05) is 6.92 Å². The van der Waals surface area contributed by atoms with Gasteiger partial charge >= 0.3 is 6.18 Å². The number of benzene rings is 1. The average Bonchev–Trinajstić information content (AvgIpc) is 2.77. The normalized spacial score (nSPS) is 22.8. The van der Waals surface area contributed by atoms with Crippen molar-refractivity contribution in [3.05, 3.63) is 23.8 Å². The molecule has 110 valence electrons. The zero-order valence-corrected chi connectivity index (χ0v) is 10.8. The third kappa shape index (κ3) is 3.04. The van der Waals surface area contributed by atoms with Crippen molar-refractivity contribution in [1.82, 2.24) is 5.32 Å². The molecule has 1 amide bonds. The van der Waals surface area contributed by atoms with Crippen molar-refractivity contribution in [3.8, 4) is 5.75 Å². The van der Waals surface area contributed by atoms with Crippen LogP contribution in [0, 0.1) is 5.92 Å². The lowest BCUT2D eigenvalue weighted by Gasteiger charge is -2.16. The summed E-state index contributed by atoms with van der Waals surface area (Å²) in [6.45, 7) is 2.52. The maximum atomic E-state index is 12.6. The summed E-state index contributed by atoms with van der Waals surface area (Å²) in [5.41, 5.74) is -1.13. The predicted octanol–water partition coefficient (Wildman–Crippen LogP) is 2.35. The molecule has 1 heterocycles. The van der Waals surface area contributed by atoms with E-state index in [1.54, 1.807) is 0 Å². The van der Waals surface area contributed by atoms with E-state index in [-0.39, 0.29) is 23.4 Å². The summed E-state index contributed by atoms with van der Waals surface area (Å²) < 4.78 is 37.8. The number of hydrogen-bond donors (Lipinski definition) is 3. The second kappa shape index (κ2) is 5.32. The van der Waals surface area contributed by atoms with E-state index in [1.165, 1.54) is 0 Å². The summed E-state index contributed by atoms with van der Waals surface area (Å²) in [6, 6.07) is 2.39. The van der Waals surface area contributed by atoms with Crippen LogP contribution < -0.4 is 10.6 Å². The minimum absolute atomic E-state index is 0.0389. The monoisotopic (exact) mass is 288 g/mol. The molecule has 1 aromatic carbocycles. The molecule has 2 unspecified atom stereocenters. The molecule has 1 aliphatic heterocycles. The van der Waals surface area contributed by atoms with Crippen molar-refractivity contribution < 1.29 is 23.1 Å². The van der Waals surface area contributed by atoms with E-state index in [9.17, 15) is 23.1 Å². The highest BCUT2D eigenvalue weighted by atomic mass is 19.4. The Balaban J connectivity index is 2.18. The molecule has 1 saturated heterocycles. The topological polar surface area (TPSA) is 61.4 Å². The molecule has 0 spiro atoms. The molecule has 1 aromatic rings. The van der Waals surface area contributed by atoms with Crippen LogP contribution >= 0.6 is 0 Å². The summed E-state index contributed by atoms with van der Waals surface area (Å²) >= 11 is 0. The lowest BCUT2D eigenvalue weighted by molar-refractivity contribution is -0.137. The third-order valence-corrected chi connectivity index (χ3v) is 3.44. The van der Waals surface area contributed by atoms with Crippen LogP contribution in [-0.4, -0.2) is 23.6 Å².